The van der Waals surface area contributed by atoms with Crippen molar-refractivity contribution in [2.24, 2.45) is 0 Å². The van der Waals surface area contributed by atoms with Crippen LogP contribution in [0.2, 0.25) is 0 Å². The molecule has 0 radical (unpaired) electrons. The monoisotopic (exact) mass is 334 g/mol. The fourth-order valence-corrected chi connectivity index (χ4v) is 2.94. The summed E-state index contributed by atoms with van der Waals surface area (Å²) in [4.78, 5) is 12.1. The van der Waals surface area contributed by atoms with Crippen LogP contribution in [0.25, 0.3) is 0 Å². The Morgan fingerprint density at radius 2 is 2.21 bits per heavy atom. The summed E-state index contributed by atoms with van der Waals surface area (Å²) >= 11 is 0. The molecule has 0 bridgehead atoms. The van der Waals surface area contributed by atoms with Crippen molar-refractivity contribution in [3.05, 3.63) is 29.3 Å². The lowest BCUT2D eigenvalue weighted by Crippen LogP contribution is -2.44. The van der Waals surface area contributed by atoms with Gasteiger partial charge in [0, 0.05) is 37.5 Å². The summed E-state index contributed by atoms with van der Waals surface area (Å²) in [6.07, 6.45) is 1.44. The smallest absolute Gasteiger partial charge is 0.221 e. The van der Waals surface area contributed by atoms with Gasteiger partial charge in [0.1, 0.15) is 11.9 Å². The predicted octanol–water partition coefficient (Wildman–Crippen LogP) is 1.16. The summed E-state index contributed by atoms with van der Waals surface area (Å²) in [7, 11) is 0. The molecule has 2 saturated heterocycles. The standard InChI is InChI=1S/C18H26N2O4/c1-13-2-3-14(17(8-13)24-16-4-6-22-12-16)10-20-18(21)9-15-11-23-7-5-19-15/h2-3,8,15-16,19H,4-7,9-12H2,1H3,(H,20,21). The minimum Gasteiger partial charge on any atom is -0.488 e. The van der Waals surface area contributed by atoms with Gasteiger partial charge in [0.25, 0.3) is 0 Å². The summed E-state index contributed by atoms with van der Waals surface area (Å²) in [5, 5.41) is 6.28. The highest BCUT2D eigenvalue weighted by Crippen LogP contribution is 2.23. The van der Waals surface area contributed by atoms with Gasteiger partial charge in [0.05, 0.1) is 26.4 Å². The van der Waals surface area contributed by atoms with E-state index in [2.05, 4.69) is 10.6 Å². The Kier molecular flexibility index (Phi) is 6.07. The molecule has 2 fully saturated rings. The number of carbonyl (C=O) groups excluding carboxylic acids is 1. The molecule has 2 N–H and O–H groups in total. The highest BCUT2D eigenvalue weighted by molar-refractivity contribution is 5.76. The van der Waals surface area contributed by atoms with E-state index in [0.29, 0.717) is 32.8 Å². The molecule has 1 aromatic rings. The van der Waals surface area contributed by atoms with Gasteiger partial charge in [-0.2, -0.15) is 0 Å². The van der Waals surface area contributed by atoms with Gasteiger partial charge < -0.3 is 24.8 Å². The quantitative estimate of drug-likeness (QED) is 0.817. The SMILES string of the molecule is Cc1ccc(CNC(=O)CC2COCCN2)c(OC2CCOC2)c1. The minimum atomic E-state index is 0.0220. The molecule has 2 unspecified atom stereocenters. The lowest BCUT2D eigenvalue weighted by atomic mass is 10.1. The van der Waals surface area contributed by atoms with E-state index in [4.69, 9.17) is 14.2 Å². The second-order valence-corrected chi connectivity index (χ2v) is 6.42. The third-order valence-corrected chi connectivity index (χ3v) is 4.31. The average Bonchev–Trinajstić information content (AvgIpc) is 3.08. The van der Waals surface area contributed by atoms with Crippen molar-refractivity contribution in [1.29, 1.82) is 0 Å². The number of hydrogen-bond acceptors (Lipinski definition) is 5. The number of carbonyl (C=O) groups is 1. The molecule has 3 rings (SSSR count). The maximum atomic E-state index is 12.1. The fourth-order valence-electron chi connectivity index (χ4n) is 2.94. The molecule has 132 valence electrons. The molecule has 0 saturated carbocycles. The van der Waals surface area contributed by atoms with E-state index in [-0.39, 0.29) is 18.1 Å². The van der Waals surface area contributed by atoms with Crippen LogP contribution in [0.1, 0.15) is 24.0 Å². The van der Waals surface area contributed by atoms with Crippen LogP contribution in [0.4, 0.5) is 0 Å². The van der Waals surface area contributed by atoms with Gasteiger partial charge in [-0.25, -0.2) is 0 Å². The Bertz CT molecular complexity index is 552. The number of rotatable bonds is 6. The van der Waals surface area contributed by atoms with Crippen LogP contribution < -0.4 is 15.4 Å². The summed E-state index contributed by atoms with van der Waals surface area (Å²) < 4.78 is 16.8. The van der Waals surface area contributed by atoms with E-state index in [1.54, 1.807) is 0 Å². The number of ether oxygens (including phenoxy) is 3. The van der Waals surface area contributed by atoms with Gasteiger partial charge in [-0.1, -0.05) is 12.1 Å². The van der Waals surface area contributed by atoms with Crippen molar-refractivity contribution in [2.75, 3.05) is 33.0 Å². The summed E-state index contributed by atoms with van der Waals surface area (Å²) in [6, 6.07) is 6.18. The average molecular weight is 334 g/mol. The van der Waals surface area contributed by atoms with E-state index >= 15 is 0 Å². The Hall–Kier alpha value is -1.63. The molecule has 2 atom stereocenters. The molecular weight excluding hydrogens is 308 g/mol. The van der Waals surface area contributed by atoms with Gasteiger partial charge in [0.2, 0.25) is 5.91 Å². The summed E-state index contributed by atoms with van der Waals surface area (Å²) in [5.74, 6) is 0.860. The third-order valence-electron chi connectivity index (χ3n) is 4.31. The molecule has 2 aliphatic rings. The third kappa shape index (κ3) is 4.93. The molecular formula is C18H26N2O4. The van der Waals surface area contributed by atoms with Gasteiger partial charge in [-0.05, 0) is 18.6 Å². The highest BCUT2D eigenvalue weighted by atomic mass is 16.5. The van der Waals surface area contributed by atoms with E-state index in [0.717, 1.165) is 36.4 Å². The van der Waals surface area contributed by atoms with E-state index in [1.807, 2.05) is 25.1 Å². The van der Waals surface area contributed by atoms with Gasteiger partial charge in [-0.3, -0.25) is 4.79 Å². The number of hydrogen-bond donors (Lipinski definition) is 2. The van der Waals surface area contributed by atoms with E-state index < -0.39 is 0 Å². The number of aryl methyl sites for hydroxylation is 1. The molecule has 1 amide bonds. The van der Waals surface area contributed by atoms with Gasteiger partial charge >= 0.3 is 0 Å². The Labute approximate surface area is 142 Å². The largest absolute Gasteiger partial charge is 0.488 e. The number of benzene rings is 1. The first-order chi connectivity index (χ1) is 11.7. The maximum absolute atomic E-state index is 12.1. The molecule has 0 aromatic heterocycles. The fraction of sp³-hybridized carbons (Fsp3) is 0.611. The predicted molar refractivity (Wildman–Crippen MR) is 90.1 cm³/mol. The van der Waals surface area contributed by atoms with E-state index in [1.165, 1.54) is 0 Å². The number of morpholine rings is 1. The molecule has 6 nitrogen and oxygen atoms in total. The van der Waals surface area contributed by atoms with Crippen molar-refractivity contribution in [1.82, 2.24) is 10.6 Å². The summed E-state index contributed by atoms with van der Waals surface area (Å²) in [6.45, 7) is 6.00. The second-order valence-electron chi connectivity index (χ2n) is 6.42. The molecule has 0 aliphatic carbocycles. The molecule has 2 aliphatic heterocycles. The van der Waals surface area contributed by atoms with Crippen LogP contribution in [0.15, 0.2) is 18.2 Å². The Morgan fingerprint density at radius 1 is 1.33 bits per heavy atom. The van der Waals surface area contributed by atoms with Gasteiger partial charge in [-0.15, -0.1) is 0 Å². The first-order valence-corrected chi connectivity index (χ1v) is 8.62. The maximum Gasteiger partial charge on any atom is 0.221 e. The van der Waals surface area contributed by atoms with Crippen LogP contribution in [0, 0.1) is 6.92 Å². The first kappa shape index (κ1) is 17.2. The van der Waals surface area contributed by atoms with Crippen molar-refractivity contribution >= 4 is 5.91 Å². The van der Waals surface area contributed by atoms with Crippen molar-refractivity contribution in [3.8, 4) is 5.75 Å². The van der Waals surface area contributed by atoms with Crippen LogP contribution in [-0.2, 0) is 20.8 Å². The Balaban J connectivity index is 1.54. The molecule has 6 heteroatoms. The van der Waals surface area contributed by atoms with E-state index in [9.17, 15) is 4.79 Å². The topological polar surface area (TPSA) is 68.8 Å². The molecule has 0 spiro atoms. The first-order valence-electron chi connectivity index (χ1n) is 8.62. The van der Waals surface area contributed by atoms with Gasteiger partial charge in [0.15, 0.2) is 0 Å². The normalized spacial score (nSPS) is 23.9. The number of nitrogens with one attached hydrogen (secondary N) is 2. The molecule has 24 heavy (non-hydrogen) atoms. The molecule has 1 aromatic carbocycles. The van der Waals surface area contributed by atoms with Crippen LogP contribution in [0.3, 0.4) is 0 Å². The van der Waals surface area contributed by atoms with Crippen molar-refractivity contribution in [2.45, 2.75) is 38.5 Å². The van der Waals surface area contributed by atoms with Crippen LogP contribution in [0.5, 0.6) is 5.75 Å². The lowest BCUT2D eigenvalue weighted by molar-refractivity contribution is -0.122. The summed E-state index contributed by atoms with van der Waals surface area (Å²) in [5.41, 5.74) is 2.14. The second kappa shape index (κ2) is 8.46. The number of amides is 1. The zero-order chi connectivity index (χ0) is 16.8. The molecule has 2 heterocycles. The van der Waals surface area contributed by atoms with Crippen LogP contribution in [-0.4, -0.2) is 51.0 Å². The van der Waals surface area contributed by atoms with Crippen molar-refractivity contribution < 1.29 is 19.0 Å². The zero-order valence-corrected chi connectivity index (χ0v) is 14.2. The van der Waals surface area contributed by atoms with Crippen molar-refractivity contribution in [3.63, 3.8) is 0 Å². The zero-order valence-electron chi connectivity index (χ0n) is 14.2. The minimum absolute atomic E-state index is 0.0220. The Morgan fingerprint density at radius 3 is 2.96 bits per heavy atom. The lowest BCUT2D eigenvalue weighted by Gasteiger charge is -2.23. The van der Waals surface area contributed by atoms with Crippen LogP contribution >= 0.6 is 0 Å². The highest BCUT2D eigenvalue weighted by Gasteiger charge is 2.20.